The first-order valence-corrected chi connectivity index (χ1v) is 12.3. The van der Waals surface area contributed by atoms with Crippen LogP contribution in [-0.4, -0.2) is 40.2 Å². The molecule has 0 bridgehead atoms. The standard InChI is InChI=1S/C24H31F2NO3S/c1-2-27(17-19-12-15-23(31-19)13-6-4-3-5-7-14-23)22(28)11-9-18-8-10-20-21(16-18)30-24(25,26)29-20/h8-11,16,19H,2-7,12-15,17H2,1H3/b11-9+. The highest BCUT2D eigenvalue weighted by Crippen LogP contribution is 2.50. The monoisotopic (exact) mass is 451 g/mol. The third-order valence-electron chi connectivity index (χ3n) is 6.56. The molecule has 1 saturated heterocycles. The topological polar surface area (TPSA) is 38.8 Å². The molecule has 31 heavy (non-hydrogen) atoms. The summed E-state index contributed by atoms with van der Waals surface area (Å²) in [5, 5.41) is 0.490. The quantitative estimate of drug-likeness (QED) is 0.496. The molecule has 0 radical (unpaired) electrons. The molecule has 1 aliphatic carbocycles. The van der Waals surface area contributed by atoms with Gasteiger partial charge in [-0.25, -0.2) is 0 Å². The number of fused-ring (bicyclic) bond motifs is 1. The molecule has 4 rings (SSSR count). The number of carbonyl (C=O) groups is 1. The van der Waals surface area contributed by atoms with Crippen molar-refractivity contribution in [2.24, 2.45) is 0 Å². The van der Waals surface area contributed by atoms with Gasteiger partial charge < -0.3 is 14.4 Å². The van der Waals surface area contributed by atoms with Crippen LogP contribution < -0.4 is 9.47 Å². The molecular formula is C24H31F2NO3S. The second kappa shape index (κ2) is 9.39. The molecule has 2 aliphatic heterocycles. The Labute approximate surface area is 187 Å². The maximum atomic E-state index is 13.2. The second-order valence-electron chi connectivity index (χ2n) is 8.81. The average molecular weight is 452 g/mol. The number of rotatable bonds is 5. The van der Waals surface area contributed by atoms with Gasteiger partial charge >= 0.3 is 6.29 Å². The molecule has 170 valence electrons. The molecule has 0 aromatic heterocycles. The third kappa shape index (κ3) is 5.54. The van der Waals surface area contributed by atoms with Crippen LogP contribution in [-0.2, 0) is 4.79 Å². The smallest absolute Gasteiger partial charge is 0.395 e. The number of alkyl halides is 2. The van der Waals surface area contributed by atoms with Crippen LogP contribution in [0.5, 0.6) is 11.5 Å². The van der Waals surface area contributed by atoms with Crippen molar-refractivity contribution < 1.29 is 23.0 Å². The molecule has 1 spiro atoms. The van der Waals surface area contributed by atoms with Gasteiger partial charge in [-0.3, -0.25) is 4.79 Å². The fourth-order valence-corrected chi connectivity index (χ4v) is 6.86. The number of nitrogens with zero attached hydrogens (tertiary/aromatic N) is 1. The number of likely N-dealkylation sites (N-methyl/N-ethyl adjacent to an activating group) is 1. The number of amides is 1. The molecule has 1 aromatic rings. The van der Waals surface area contributed by atoms with E-state index in [1.54, 1.807) is 12.1 Å². The van der Waals surface area contributed by atoms with E-state index in [-0.39, 0.29) is 17.4 Å². The minimum absolute atomic E-state index is 0.00469. The summed E-state index contributed by atoms with van der Waals surface area (Å²) in [7, 11) is 0. The van der Waals surface area contributed by atoms with E-state index >= 15 is 0 Å². The van der Waals surface area contributed by atoms with Gasteiger partial charge in [0.15, 0.2) is 11.5 Å². The summed E-state index contributed by atoms with van der Waals surface area (Å²) in [4.78, 5) is 14.7. The first-order chi connectivity index (χ1) is 14.9. The molecule has 2 heterocycles. The van der Waals surface area contributed by atoms with Crippen molar-refractivity contribution in [3.63, 3.8) is 0 Å². The molecule has 0 N–H and O–H groups in total. The molecular weight excluding hydrogens is 420 g/mol. The van der Waals surface area contributed by atoms with Gasteiger partial charge in [-0.15, -0.1) is 20.5 Å². The van der Waals surface area contributed by atoms with Gasteiger partial charge in [-0.2, -0.15) is 0 Å². The Bertz CT molecular complexity index is 821. The number of carbonyl (C=O) groups excluding carboxylic acids is 1. The van der Waals surface area contributed by atoms with Crippen LogP contribution in [0.2, 0.25) is 0 Å². The Kier molecular flexibility index (Phi) is 6.80. The number of benzene rings is 1. The van der Waals surface area contributed by atoms with Crippen LogP contribution in [0.1, 0.15) is 70.3 Å². The van der Waals surface area contributed by atoms with E-state index in [9.17, 15) is 13.6 Å². The minimum atomic E-state index is -3.63. The van der Waals surface area contributed by atoms with Crippen molar-refractivity contribution >= 4 is 23.7 Å². The Morgan fingerprint density at radius 3 is 2.58 bits per heavy atom. The van der Waals surface area contributed by atoms with E-state index in [0.29, 0.717) is 22.1 Å². The highest BCUT2D eigenvalue weighted by atomic mass is 32.2. The first-order valence-electron chi connectivity index (χ1n) is 11.4. The summed E-state index contributed by atoms with van der Waals surface area (Å²) in [6, 6.07) is 4.53. The molecule has 7 heteroatoms. The Balaban J connectivity index is 1.34. The van der Waals surface area contributed by atoms with E-state index in [2.05, 4.69) is 21.2 Å². The molecule has 2 fully saturated rings. The molecule has 1 saturated carbocycles. The molecule has 1 unspecified atom stereocenters. The lowest BCUT2D eigenvalue weighted by atomic mass is 9.87. The predicted molar refractivity (Wildman–Crippen MR) is 120 cm³/mol. The lowest BCUT2D eigenvalue weighted by molar-refractivity contribution is -0.286. The number of ether oxygens (including phenoxy) is 2. The summed E-state index contributed by atoms with van der Waals surface area (Å²) < 4.78 is 35.7. The van der Waals surface area contributed by atoms with Gasteiger partial charge in [-0.1, -0.05) is 38.2 Å². The van der Waals surface area contributed by atoms with Crippen LogP contribution in [0.25, 0.3) is 6.08 Å². The van der Waals surface area contributed by atoms with Gasteiger partial charge in [-0.05, 0) is 56.4 Å². The van der Waals surface area contributed by atoms with Crippen molar-refractivity contribution in [2.75, 3.05) is 13.1 Å². The van der Waals surface area contributed by atoms with Crippen molar-refractivity contribution in [3.05, 3.63) is 29.8 Å². The van der Waals surface area contributed by atoms with E-state index in [0.717, 1.165) is 6.54 Å². The third-order valence-corrected chi connectivity index (χ3v) is 8.39. The number of halogens is 2. The van der Waals surface area contributed by atoms with Crippen LogP contribution >= 0.6 is 11.8 Å². The first kappa shape index (κ1) is 22.4. The summed E-state index contributed by atoms with van der Waals surface area (Å²) in [5.41, 5.74) is 0.619. The second-order valence-corrected chi connectivity index (χ2v) is 10.6. The zero-order valence-electron chi connectivity index (χ0n) is 18.1. The molecule has 1 aromatic carbocycles. The summed E-state index contributed by atoms with van der Waals surface area (Å²) in [6.07, 6.45) is 11.4. The molecule has 3 aliphatic rings. The fourth-order valence-electron chi connectivity index (χ4n) is 4.90. The van der Waals surface area contributed by atoms with Crippen LogP contribution in [0, 0.1) is 0 Å². The Hall–Kier alpha value is -1.76. The summed E-state index contributed by atoms with van der Waals surface area (Å²) in [5.74, 6) is -0.0615. The normalized spacial score (nSPS) is 24.3. The molecule has 1 atom stereocenters. The lowest BCUT2D eigenvalue weighted by Gasteiger charge is -2.31. The van der Waals surface area contributed by atoms with E-state index in [1.807, 2.05) is 11.8 Å². The Morgan fingerprint density at radius 2 is 1.84 bits per heavy atom. The maximum absolute atomic E-state index is 13.2. The minimum Gasteiger partial charge on any atom is -0.395 e. The largest absolute Gasteiger partial charge is 0.586 e. The fraction of sp³-hybridized carbons (Fsp3) is 0.625. The SMILES string of the molecule is CCN(CC1CCC2(CCCCCCC2)S1)C(=O)/C=C/c1ccc2c(c1)OC(F)(F)O2. The van der Waals surface area contributed by atoms with Crippen LogP contribution in [0.15, 0.2) is 24.3 Å². The van der Waals surface area contributed by atoms with Gasteiger partial charge in [0.2, 0.25) is 5.91 Å². The highest BCUT2D eigenvalue weighted by molar-refractivity contribution is 8.01. The van der Waals surface area contributed by atoms with Crippen molar-refractivity contribution in [1.82, 2.24) is 4.90 Å². The number of hydrogen-bond acceptors (Lipinski definition) is 4. The maximum Gasteiger partial charge on any atom is 0.586 e. The van der Waals surface area contributed by atoms with E-state index in [1.165, 1.54) is 76.0 Å². The highest BCUT2D eigenvalue weighted by Gasteiger charge is 2.43. The lowest BCUT2D eigenvalue weighted by Crippen LogP contribution is -2.35. The van der Waals surface area contributed by atoms with Crippen LogP contribution in [0.4, 0.5) is 8.78 Å². The average Bonchev–Trinajstić information content (AvgIpc) is 3.26. The van der Waals surface area contributed by atoms with E-state index in [4.69, 9.17) is 0 Å². The zero-order chi connectivity index (χ0) is 21.9. The van der Waals surface area contributed by atoms with Crippen molar-refractivity contribution in [3.8, 4) is 11.5 Å². The van der Waals surface area contributed by atoms with Crippen LogP contribution in [0.3, 0.4) is 0 Å². The summed E-state index contributed by atoms with van der Waals surface area (Å²) >= 11 is 2.13. The van der Waals surface area contributed by atoms with Gasteiger partial charge in [0.1, 0.15) is 0 Å². The molecule has 4 nitrogen and oxygen atoms in total. The Morgan fingerprint density at radius 1 is 1.13 bits per heavy atom. The number of hydrogen-bond donors (Lipinski definition) is 0. The van der Waals surface area contributed by atoms with Gasteiger partial charge in [0, 0.05) is 29.2 Å². The van der Waals surface area contributed by atoms with Gasteiger partial charge in [0.25, 0.3) is 0 Å². The molecule has 1 amide bonds. The summed E-state index contributed by atoms with van der Waals surface area (Å²) in [6.45, 7) is 3.42. The van der Waals surface area contributed by atoms with Crippen molar-refractivity contribution in [2.45, 2.75) is 81.0 Å². The predicted octanol–water partition coefficient (Wildman–Crippen LogP) is 6.25. The zero-order valence-corrected chi connectivity index (χ0v) is 18.9. The number of thioether (sulfide) groups is 1. The van der Waals surface area contributed by atoms with Crippen molar-refractivity contribution in [1.29, 1.82) is 0 Å². The van der Waals surface area contributed by atoms with Gasteiger partial charge in [0.05, 0.1) is 0 Å². The van der Waals surface area contributed by atoms with E-state index < -0.39 is 6.29 Å².